The second kappa shape index (κ2) is 8.81. The van der Waals surface area contributed by atoms with Crippen molar-refractivity contribution >= 4 is 23.4 Å². The summed E-state index contributed by atoms with van der Waals surface area (Å²) in [4.78, 5) is 19.0. The average Bonchev–Trinajstić information content (AvgIpc) is 2.93. The van der Waals surface area contributed by atoms with Crippen LogP contribution in [0.5, 0.6) is 17.4 Å². The summed E-state index contributed by atoms with van der Waals surface area (Å²) < 4.78 is 17.8. The molecule has 0 N–H and O–H groups in total. The van der Waals surface area contributed by atoms with E-state index in [-0.39, 0.29) is 5.91 Å². The number of methoxy groups -OCH3 is 1. The van der Waals surface area contributed by atoms with Crippen molar-refractivity contribution in [3.63, 3.8) is 0 Å². The van der Waals surface area contributed by atoms with Crippen molar-refractivity contribution in [2.45, 2.75) is 25.2 Å². The largest absolute Gasteiger partial charge is 0.492 e. The second-order valence-electron chi connectivity index (χ2n) is 6.64. The molecule has 1 aliphatic heterocycles. The highest BCUT2D eigenvalue weighted by Crippen LogP contribution is 2.46. The summed E-state index contributed by atoms with van der Waals surface area (Å²) in [5, 5.41) is 8.99. The summed E-state index contributed by atoms with van der Waals surface area (Å²) in [5.74, 6) is 1.16. The normalized spacial score (nSPS) is 14.7. The Balaban J connectivity index is 1.98. The zero-order chi connectivity index (χ0) is 22.0. The van der Waals surface area contributed by atoms with E-state index >= 15 is 0 Å². The Hall–Kier alpha value is -3.33. The van der Waals surface area contributed by atoms with Gasteiger partial charge in [0.15, 0.2) is 17.2 Å². The van der Waals surface area contributed by atoms with E-state index in [1.165, 1.54) is 18.7 Å². The molecular weight excluding hydrogens is 416 g/mol. The number of carbonyl (C=O) groups is 1. The average molecular weight is 439 g/mol. The van der Waals surface area contributed by atoms with Gasteiger partial charge in [0, 0.05) is 12.5 Å². The van der Waals surface area contributed by atoms with E-state index in [2.05, 4.69) is 15.2 Å². The van der Waals surface area contributed by atoms with Crippen LogP contribution in [0.1, 0.15) is 25.6 Å². The van der Waals surface area contributed by atoms with Gasteiger partial charge in [-0.2, -0.15) is 4.98 Å². The highest BCUT2D eigenvalue weighted by molar-refractivity contribution is 7.98. The predicted molar refractivity (Wildman–Crippen MR) is 118 cm³/mol. The fourth-order valence-electron chi connectivity index (χ4n) is 3.56. The monoisotopic (exact) mass is 438 g/mol. The van der Waals surface area contributed by atoms with Gasteiger partial charge in [-0.3, -0.25) is 9.69 Å². The van der Waals surface area contributed by atoms with Gasteiger partial charge in [-0.1, -0.05) is 36.0 Å². The summed E-state index contributed by atoms with van der Waals surface area (Å²) in [6.07, 6.45) is 1.02. The SMILES string of the molecule is CCOc1cccc([C@H]2Oc3nc(SC)nnc3-c3ccccc3N2C(C)=O)c1OC. The Bertz CT molecular complexity index is 1120. The second-order valence-corrected chi connectivity index (χ2v) is 7.41. The lowest BCUT2D eigenvalue weighted by Crippen LogP contribution is -2.36. The number of fused-ring (bicyclic) bond motifs is 3. The highest BCUT2D eigenvalue weighted by Gasteiger charge is 2.36. The lowest BCUT2D eigenvalue weighted by Gasteiger charge is -2.31. The van der Waals surface area contributed by atoms with Crippen molar-refractivity contribution in [1.82, 2.24) is 15.2 Å². The van der Waals surface area contributed by atoms with Crippen LogP contribution >= 0.6 is 11.8 Å². The number of nitrogens with zero attached hydrogens (tertiary/aromatic N) is 4. The number of para-hydroxylation sites is 2. The van der Waals surface area contributed by atoms with Crippen LogP contribution in [-0.4, -0.2) is 41.1 Å². The molecule has 4 rings (SSSR count). The van der Waals surface area contributed by atoms with Gasteiger partial charge in [0.05, 0.1) is 25.0 Å². The van der Waals surface area contributed by atoms with Gasteiger partial charge in [0.1, 0.15) is 0 Å². The number of hydrogen-bond donors (Lipinski definition) is 0. The molecule has 1 amide bonds. The Morgan fingerprint density at radius 1 is 1.19 bits per heavy atom. The van der Waals surface area contributed by atoms with E-state index in [0.717, 1.165) is 0 Å². The molecule has 2 heterocycles. The Kier molecular flexibility index (Phi) is 5.94. The van der Waals surface area contributed by atoms with Gasteiger partial charge in [0.2, 0.25) is 23.2 Å². The van der Waals surface area contributed by atoms with Crippen LogP contribution in [0.2, 0.25) is 0 Å². The smallest absolute Gasteiger partial charge is 0.247 e. The summed E-state index contributed by atoms with van der Waals surface area (Å²) >= 11 is 1.36. The van der Waals surface area contributed by atoms with Gasteiger partial charge >= 0.3 is 0 Å². The number of hydrogen-bond acceptors (Lipinski definition) is 8. The molecule has 9 heteroatoms. The number of ether oxygens (including phenoxy) is 3. The van der Waals surface area contributed by atoms with Crippen molar-refractivity contribution < 1.29 is 19.0 Å². The van der Waals surface area contributed by atoms with Crippen molar-refractivity contribution in [2.75, 3.05) is 24.9 Å². The molecule has 1 atom stereocenters. The third kappa shape index (κ3) is 3.76. The molecule has 0 unspecified atom stereocenters. The van der Waals surface area contributed by atoms with E-state index < -0.39 is 6.23 Å². The molecule has 0 bridgehead atoms. The number of carbonyl (C=O) groups excluding carboxylic acids is 1. The minimum atomic E-state index is -0.846. The topological polar surface area (TPSA) is 86.7 Å². The molecular formula is C22H22N4O4S. The zero-order valence-electron chi connectivity index (χ0n) is 17.7. The molecule has 160 valence electrons. The highest BCUT2D eigenvalue weighted by atomic mass is 32.2. The van der Waals surface area contributed by atoms with Crippen molar-refractivity contribution in [2.24, 2.45) is 0 Å². The van der Waals surface area contributed by atoms with E-state index in [4.69, 9.17) is 14.2 Å². The summed E-state index contributed by atoms with van der Waals surface area (Å²) in [6, 6.07) is 13.0. The van der Waals surface area contributed by atoms with E-state index in [9.17, 15) is 4.79 Å². The van der Waals surface area contributed by atoms with Gasteiger partial charge < -0.3 is 14.2 Å². The van der Waals surface area contributed by atoms with Crippen LogP contribution in [0.3, 0.4) is 0 Å². The van der Waals surface area contributed by atoms with E-state index in [0.29, 0.717) is 51.7 Å². The number of thioether (sulfide) groups is 1. The van der Waals surface area contributed by atoms with Crippen molar-refractivity contribution in [3.8, 4) is 28.6 Å². The van der Waals surface area contributed by atoms with Gasteiger partial charge in [-0.05, 0) is 31.4 Å². The molecule has 1 aliphatic rings. The molecule has 31 heavy (non-hydrogen) atoms. The molecule has 8 nitrogen and oxygen atoms in total. The quantitative estimate of drug-likeness (QED) is 0.550. The predicted octanol–water partition coefficient (Wildman–Crippen LogP) is 4.11. The van der Waals surface area contributed by atoms with Crippen LogP contribution in [0, 0.1) is 0 Å². The summed E-state index contributed by atoms with van der Waals surface area (Å²) in [7, 11) is 1.56. The fourth-order valence-corrected chi connectivity index (χ4v) is 3.85. The van der Waals surface area contributed by atoms with Crippen LogP contribution in [0.25, 0.3) is 11.3 Å². The molecule has 1 aromatic heterocycles. The number of amides is 1. The van der Waals surface area contributed by atoms with Gasteiger partial charge in [0.25, 0.3) is 0 Å². The van der Waals surface area contributed by atoms with E-state index in [1.54, 1.807) is 12.0 Å². The first kappa shape index (κ1) is 20.9. The van der Waals surface area contributed by atoms with Gasteiger partial charge in [-0.15, -0.1) is 10.2 Å². The first-order valence-corrected chi connectivity index (χ1v) is 11.0. The molecule has 0 radical (unpaired) electrons. The third-order valence-electron chi connectivity index (χ3n) is 4.81. The minimum absolute atomic E-state index is 0.202. The third-order valence-corrected chi connectivity index (χ3v) is 5.35. The molecule has 0 saturated heterocycles. The van der Waals surface area contributed by atoms with Crippen LogP contribution < -0.4 is 19.1 Å². The number of benzene rings is 2. The number of rotatable bonds is 5. The maximum atomic E-state index is 12.9. The standard InChI is InChI=1S/C22H22N4O4S/c1-5-29-17-12-8-10-15(19(17)28-3)21-26(13(2)27)16-11-7-6-9-14(16)18-20(30-21)23-22(31-4)25-24-18/h6-12,21H,5H2,1-4H3/t21-/m1/s1. The minimum Gasteiger partial charge on any atom is -0.492 e. The number of anilines is 1. The number of aromatic nitrogens is 3. The first-order valence-electron chi connectivity index (χ1n) is 9.73. The van der Waals surface area contributed by atoms with Crippen LogP contribution in [-0.2, 0) is 4.79 Å². The van der Waals surface area contributed by atoms with Gasteiger partial charge in [-0.25, -0.2) is 0 Å². The van der Waals surface area contributed by atoms with Crippen LogP contribution in [0.4, 0.5) is 5.69 Å². The summed E-state index contributed by atoms with van der Waals surface area (Å²) in [5.41, 5.74) is 2.47. The zero-order valence-corrected chi connectivity index (χ0v) is 18.5. The fraction of sp³-hybridized carbons (Fsp3) is 0.273. The lowest BCUT2D eigenvalue weighted by atomic mass is 10.1. The Labute approximate surface area is 184 Å². The van der Waals surface area contributed by atoms with Crippen LogP contribution in [0.15, 0.2) is 47.6 Å². The Morgan fingerprint density at radius 3 is 2.71 bits per heavy atom. The molecule has 2 aromatic carbocycles. The molecule has 0 spiro atoms. The van der Waals surface area contributed by atoms with E-state index in [1.807, 2.05) is 55.6 Å². The maximum absolute atomic E-state index is 12.9. The molecule has 0 saturated carbocycles. The lowest BCUT2D eigenvalue weighted by molar-refractivity contribution is -0.118. The maximum Gasteiger partial charge on any atom is 0.247 e. The Morgan fingerprint density at radius 2 is 2.00 bits per heavy atom. The summed E-state index contributed by atoms with van der Waals surface area (Å²) in [6.45, 7) is 3.87. The molecule has 3 aromatic rings. The van der Waals surface area contributed by atoms with Crippen molar-refractivity contribution in [1.29, 1.82) is 0 Å². The first-order chi connectivity index (χ1) is 15.1. The molecule has 0 aliphatic carbocycles. The molecule has 0 fully saturated rings. The van der Waals surface area contributed by atoms with Crippen molar-refractivity contribution in [3.05, 3.63) is 48.0 Å².